The van der Waals surface area contributed by atoms with Crippen LogP contribution in [-0.4, -0.2) is 53.4 Å². The molecular weight excluding hydrogens is 326 g/mol. The molecule has 1 aromatic rings. The number of imide groups is 1. The number of piperidine rings is 1. The third-order valence-corrected chi connectivity index (χ3v) is 5.11. The minimum Gasteiger partial charge on any atom is -0.448 e. The molecule has 3 aliphatic rings. The summed E-state index contributed by atoms with van der Waals surface area (Å²) in [5.74, 6) is -1.10. The summed E-state index contributed by atoms with van der Waals surface area (Å²) < 4.78 is 5.30. The second-order valence-corrected chi connectivity index (χ2v) is 6.57. The molecule has 0 aromatic heterocycles. The molecular formula is C17H17N3O5. The smallest absolute Gasteiger partial charge is 0.339 e. The van der Waals surface area contributed by atoms with Gasteiger partial charge in [0.2, 0.25) is 0 Å². The van der Waals surface area contributed by atoms with Crippen molar-refractivity contribution in [2.45, 2.75) is 30.9 Å². The van der Waals surface area contributed by atoms with Crippen molar-refractivity contribution in [2.75, 3.05) is 13.1 Å². The molecule has 2 saturated heterocycles. The lowest BCUT2D eigenvalue weighted by Crippen LogP contribution is -2.57. The summed E-state index contributed by atoms with van der Waals surface area (Å²) in [6, 6.07) is 6.59. The number of likely N-dealkylation sites (tertiary alicyclic amines) is 1. The van der Waals surface area contributed by atoms with Gasteiger partial charge in [-0.2, -0.15) is 0 Å². The summed E-state index contributed by atoms with van der Waals surface area (Å²) >= 11 is 0. The first-order valence-electron chi connectivity index (χ1n) is 8.20. The van der Waals surface area contributed by atoms with Crippen LogP contribution in [0.5, 0.6) is 0 Å². The second kappa shape index (κ2) is 5.58. The lowest BCUT2D eigenvalue weighted by molar-refractivity contribution is -0.144. The number of rotatable bonds is 1. The molecule has 1 atom stereocenters. The van der Waals surface area contributed by atoms with E-state index in [0.29, 0.717) is 37.9 Å². The zero-order chi connectivity index (χ0) is 17.6. The molecule has 2 fully saturated rings. The first-order chi connectivity index (χ1) is 12.0. The van der Waals surface area contributed by atoms with E-state index in [1.165, 1.54) is 0 Å². The number of nitrogens with one attached hydrogen (secondary N) is 2. The number of amides is 4. The molecule has 0 radical (unpaired) electrons. The average Bonchev–Trinajstić information content (AvgIpc) is 2.88. The summed E-state index contributed by atoms with van der Waals surface area (Å²) in [4.78, 5) is 49.7. The van der Waals surface area contributed by atoms with Crippen molar-refractivity contribution in [3.63, 3.8) is 0 Å². The van der Waals surface area contributed by atoms with Crippen LogP contribution in [0.15, 0.2) is 24.3 Å². The highest BCUT2D eigenvalue weighted by Gasteiger charge is 2.49. The van der Waals surface area contributed by atoms with Crippen molar-refractivity contribution >= 4 is 23.8 Å². The first-order valence-corrected chi connectivity index (χ1v) is 8.20. The number of hydrogen-bond acceptors (Lipinski definition) is 5. The predicted octanol–water partition coefficient (Wildman–Crippen LogP) is -0.0313. The van der Waals surface area contributed by atoms with Crippen LogP contribution in [0.4, 0.5) is 4.79 Å². The number of esters is 1. The number of carbonyl (C=O) groups is 4. The molecule has 1 aromatic carbocycles. The van der Waals surface area contributed by atoms with Crippen molar-refractivity contribution in [3.8, 4) is 0 Å². The molecule has 0 saturated carbocycles. The fraction of sp³-hybridized carbons (Fsp3) is 0.412. The Labute approximate surface area is 143 Å². The zero-order valence-electron chi connectivity index (χ0n) is 13.4. The normalized spacial score (nSPS) is 24.4. The highest BCUT2D eigenvalue weighted by molar-refractivity contribution is 6.07. The van der Waals surface area contributed by atoms with Crippen LogP contribution in [0.25, 0.3) is 0 Å². The van der Waals surface area contributed by atoms with E-state index >= 15 is 0 Å². The van der Waals surface area contributed by atoms with Gasteiger partial charge in [-0.15, -0.1) is 0 Å². The molecule has 4 amide bonds. The maximum Gasteiger partial charge on any atom is 0.339 e. The van der Waals surface area contributed by atoms with Gasteiger partial charge >= 0.3 is 12.0 Å². The summed E-state index contributed by atoms with van der Waals surface area (Å²) in [5.41, 5.74) is 0.367. The number of cyclic esters (lactones) is 1. The Bertz CT molecular complexity index is 782. The van der Waals surface area contributed by atoms with Gasteiger partial charge in [0.25, 0.3) is 11.8 Å². The Morgan fingerprint density at radius 1 is 1.16 bits per heavy atom. The molecule has 1 spiro atoms. The summed E-state index contributed by atoms with van der Waals surface area (Å²) in [7, 11) is 0. The fourth-order valence-electron chi connectivity index (χ4n) is 3.66. The van der Waals surface area contributed by atoms with Crippen molar-refractivity contribution < 1.29 is 23.9 Å². The van der Waals surface area contributed by atoms with Gasteiger partial charge < -0.3 is 15.0 Å². The Morgan fingerprint density at radius 3 is 2.56 bits per heavy atom. The number of nitrogens with zero attached hydrogens (tertiary/aromatic N) is 1. The van der Waals surface area contributed by atoms with Gasteiger partial charge in [-0.3, -0.25) is 14.9 Å². The number of ether oxygens (including phenoxy) is 1. The van der Waals surface area contributed by atoms with E-state index in [9.17, 15) is 19.2 Å². The number of urea groups is 1. The minimum atomic E-state index is -0.927. The lowest BCUT2D eigenvalue weighted by atomic mass is 9.87. The molecule has 25 heavy (non-hydrogen) atoms. The zero-order valence-corrected chi connectivity index (χ0v) is 13.4. The van der Waals surface area contributed by atoms with Gasteiger partial charge in [0.15, 0.2) is 6.10 Å². The molecule has 3 heterocycles. The quantitative estimate of drug-likeness (QED) is 0.550. The maximum atomic E-state index is 12.7. The van der Waals surface area contributed by atoms with Crippen molar-refractivity contribution in [1.82, 2.24) is 15.5 Å². The fourth-order valence-corrected chi connectivity index (χ4v) is 3.66. The maximum absolute atomic E-state index is 12.7. The van der Waals surface area contributed by atoms with Gasteiger partial charge in [0, 0.05) is 19.5 Å². The van der Waals surface area contributed by atoms with Crippen LogP contribution in [-0.2, 0) is 20.7 Å². The topological polar surface area (TPSA) is 105 Å². The van der Waals surface area contributed by atoms with E-state index in [2.05, 4.69) is 10.6 Å². The Kier molecular flexibility index (Phi) is 3.48. The third-order valence-electron chi connectivity index (χ3n) is 5.11. The van der Waals surface area contributed by atoms with Gasteiger partial charge in [-0.05, 0) is 24.5 Å². The molecule has 1 unspecified atom stereocenters. The number of benzene rings is 1. The molecule has 130 valence electrons. The van der Waals surface area contributed by atoms with E-state index in [1.807, 2.05) is 12.1 Å². The van der Waals surface area contributed by atoms with Gasteiger partial charge in [-0.25, -0.2) is 9.59 Å². The molecule has 2 N–H and O–H groups in total. The highest BCUT2D eigenvalue weighted by atomic mass is 16.5. The molecule has 8 nitrogen and oxygen atoms in total. The van der Waals surface area contributed by atoms with E-state index in [-0.39, 0.29) is 11.8 Å². The van der Waals surface area contributed by atoms with Crippen LogP contribution < -0.4 is 10.6 Å². The molecule has 0 bridgehead atoms. The third kappa shape index (κ3) is 2.54. The van der Waals surface area contributed by atoms with Crippen molar-refractivity contribution in [3.05, 3.63) is 35.4 Å². The van der Waals surface area contributed by atoms with Crippen LogP contribution in [0.1, 0.15) is 28.8 Å². The number of carbonyl (C=O) groups excluding carboxylic acids is 4. The van der Waals surface area contributed by atoms with Gasteiger partial charge in [0.05, 0.1) is 5.56 Å². The molecule has 3 aliphatic heterocycles. The number of fused-ring (bicyclic) bond motifs is 1. The number of hydrogen-bond donors (Lipinski definition) is 2. The molecule has 4 rings (SSSR count). The second-order valence-electron chi connectivity index (χ2n) is 6.57. The van der Waals surface area contributed by atoms with Crippen molar-refractivity contribution in [1.29, 1.82) is 0 Å². The van der Waals surface area contributed by atoms with Crippen molar-refractivity contribution in [2.24, 2.45) is 0 Å². The standard InChI is InChI=1S/C17H17N3O5/c21-13(12-9-10-3-1-2-4-11(10)14(22)25-12)20-7-5-17(6-8-20)15(23)18-16(24)19-17/h1-4,12H,5-9H2,(H2,18,19,23,24). The Morgan fingerprint density at radius 2 is 1.88 bits per heavy atom. The SMILES string of the molecule is O=C1NC(=O)C2(CCN(C(=O)C3Cc4ccccc4C(=O)O3)CC2)N1. The Balaban J connectivity index is 1.44. The van der Waals surface area contributed by atoms with E-state index < -0.39 is 23.6 Å². The monoisotopic (exact) mass is 343 g/mol. The summed E-state index contributed by atoms with van der Waals surface area (Å²) in [6.07, 6.45) is 0.184. The summed E-state index contributed by atoms with van der Waals surface area (Å²) in [5, 5.41) is 4.89. The van der Waals surface area contributed by atoms with Crippen LogP contribution in [0.3, 0.4) is 0 Å². The van der Waals surface area contributed by atoms with E-state index in [1.54, 1.807) is 17.0 Å². The first kappa shape index (κ1) is 15.6. The lowest BCUT2D eigenvalue weighted by Gasteiger charge is -2.38. The van der Waals surface area contributed by atoms with Crippen LogP contribution in [0, 0.1) is 0 Å². The predicted molar refractivity (Wildman–Crippen MR) is 84.6 cm³/mol. The average molecular weight is 343 g/mol. The largest absolute Gasteiger partial charge is 0.448 e. The molecule has 0 aliphatic carbocycles. The van der Waals surface area contributed by atoms with Crippen LogP contribution in [0.2, 0.25) is 0 Å². The summed E-state index contributed by atoms with van der Waals surface area (Å²) in [6.45, 7) is 0.643. The Hall–Kier alpha value is -2.90. The van der Waals surface area contributed by atoms with Crippen LogP contribution >= 0.6 is 0 Å². The van der Waals surface area contributed by atoms with E-state index in [4.69, 9.17) is 4.74 Å². The molecule has 8 heteroatoms. The van der Waals surface area contributed by atoms with Gasteiger partial charge in [0.1, 0.15) is 5.54 Å². The minimum absolute atomic E-state index is 0.262. The van der Waals surface area contributed by atoms with E-state index in [0.717, 1.165) is 5.56 Å². The highest BCUT2D eigenvalue weighted by Crippen LogP contribution is 2.27. The van der Waals surface area contributed by atoms with Gasteiger partial charge in [-0.1, -0.05) is 18.2 Å².